The molecule has 1 aliphatic carbocycles. The molecule has 0 aromatic carbocycles. The highest BCUT2D eigenvalue weighted by atomic mass is 32.2. The van der Waals surface area contributed by atoms with Crippen molar-refractivity contribution in [3.05, 3.63) is 0 Å². The quantitative estimate of drug-likeness (QED) is 0.734. The summed E-state index contributed by atoms with van der Waals surface area (Å²) in [4.78, 5) is 2.53. The Morgan fingerprint density at radius 3 is 2.47 bits per heavy atom. The third-order valence-electron chi connectivity index (χ3n) is 4.58. The van der Waals surface area contributed by atoms with Crippen LogP contribution < -0.4 is 5.32 Å². The summed E-state index contributed by atoms with van der Waals surface area (Å²) in [6.45, 7) is 16.4. The number of thioether (sulfide) groups is 1. The molecule has 2 nitrogen and oxygen atoms in total. The Balaban J connectivity index is 2.45. The second-order valence-electron chi connectivity index (χ2n) is 6.35. The molecule has 0 amide bonds. The Morgan fingerprint density at radius 2 is 1.89 bits per heavy atom. The van der Waals surface area contributed by atoms with E-state index >= 15 is 0 Å². The van der Waals surface area contributed by atoms with E-state index in [1.54, 1.807) is 0 Å². The molecule has 0 bridgehead atoms. The second kappa shape index (κ2) is 8.53. The monoisotopic (exact) mass is 286 g/mol. The summed E-state index contributed by atoms with van der Waals surface area (Å²) in [7, 11) is 0. The first-order valence-corrected chi connectivity index (χ1v) is 9.17. The van der Waals surface area contributed by atoms with Crippen molar-refractivity contribution < 1.29 is 0 Å². The van der Waals surface area contributed by atoms with Gasteiger partial charge in [-0.15, -0.1) is 0 Å². The van der Waals surface area contributed by atoms with Crippen molar-refractivity contribution in [1.82, 2.24) is 10.2 Å². The fourth-order valence-corrected chi connectivity index (χ4v) is 4.92. The molecule has 3 heteroatoms. The van der Waals surface area contributed by atoms with E-state index in [0.29, 0.717) is 11.5 Å². The summed E-state index contributed by atoms with van der Waals surface area (Å²) >= 11 is 2.20. The third-order valence-corrected chi connectivity index (χ3v) is 5.94. The molecule has 1 fully saturated rings. The molecule has 2 unspecified atom stereocenters. The number of hydrogen-bond donors (Lipinski definition) is 1. The molecule has 0 heterocycles. The average molecular weight is 287 g/mol. The van der Waals surface area contributed by atoms with E-state index in [1.165, 1.54) is 44.6 Å². The van der Waals surface area contributed by atoms with Gasteiger partial charge in [0.05, 0.1) is 0 Å². The molecule has 0 spiro atoms. The summed E-state index contributed by atoms with van der Waals surface area (Å²) in [5.41, 5.74) is 0.459. The highest BCUT2D eigenvalue weighted by molar-refractivity contribution is 8.00. The summed E-state index contributed by atoms with van der Waals surface area (Å²) in [5.74, 6) is 1.28. The van der Waals surface area contributed by atoms with Crippen LogP contribution in [0.5, 0.6) is 0 Å². The van der Waals surface area contributed by atoms with Crippen LogP contribution in [0.3, 0.4) is 0 Å². The standard InChI is InChI=1S/C16H34N2S/c1-6-17-15-14(10-9-11-16(15,4)5)19-13-12-18(7-2)8-3/h14-15,17H,6-13H2,1-5H3. The maximum atomic E-state index is 3.76. The van der Waals surface area contributed by atoms with Crippen LogP contribution >= 0.6 is 11.8 Å². The van der Waals surface area contributed by atoms with Gasteiger partial charge in [0.1, 0.15) is 0 Å². The Morgan fingerprint density at radius 1 is 1.21 bits per heavy atom. The lowest BCUT2D eigenvalue weighted by Crippen LogP contribution is -2.51. The Kier molecular flexibility index (Phi) is 7.78. The van der Waals surface area contributed by atoms with Crippen LogP contribution in [0.4, 0.5) is 0 Å². The van der Waals surface area contributed by atoms with Gasteiger partial charge >= 0.3 is 0 Å². The van der Waals surface area contributed by atoms with Gasteiger partial charge in [-0.1, -0.05) is 41.0 Å². The molecule has 1 rings (SSSR count). The normalized spacial score (nSPS) is 26.8. The van der Waals surface area contributed by atoms with Gasteiger partial charge in [-0.2, -0.15) is 11.8 Å². The minimum Gasteiger partial charge on any atom is -0.313 e. The maximum Gasteiger partial charge on any atom is 0.0237 e. The number of rotatable bonds is 8. The lowest BCUT2D eigenvalue weighted by Gasteiger charge is -2.44. The van der Waals surface area contributed by atoms with Crippen molar-refractivity contribution >= 4 is 11.8 Å². The van der Waals surface area contributed by atoms with Crippen LogP contribution in [0.2, 0.25) is 0 Å². The minimum atomic E-state index is 0.459. The third kappa shape index (κ3) is 5.28. The zero-order valence-corrected chi connectivity index (χ0v) is 14.5. The van der Waals surface area contributed by atoms with E-state index in [9.17, 15) is 0 Å². The lowest BCUT2D eigenvalue weighted by molar-refractivity contribution is 0.176. The van der Waals surface area contributed by atoms with Crippen molar-refractivity contribution in [2.24, 2.45) is 5.41 Å². The van der Waals surface area contributed by atoms with Crippen molar-refractivity contribution in [2.45, 2.75) is 65.2 Å². The van der Waals surface area contributed by atoms with Gasteiger partial charge in [-0.25, -0.2) is 0 Å². The predicted octanol–water partition coefficient (Wildman–Crippen LogP) is 3.62. The SMILES string of the molecule is CCNC1C(SCCN(CC)CC)CCCC1(C)C. The second-order valence-corrected chi connectivity index (χ2v) is 7.70. The van der Waals surface area contributed by atoms with Crippen molar-refractivity contribution in [3.63, 3.8) is 0 Å². The van der Waals surface area contributed by atoms with E-state index in [2.05, 4.69) is 56.6 Å². The lowest BCUT2D eigenvalue weighted by atomic mass is 9.73. The topological polar surface area (TPSA) is 15.3 Å². The van der Waals surface area contributed by atoms with E-state index in [-0.39, 0.29) is 0 Å². The van der Waals surface area contributed by atoms with Gasteiger partial charge < -0.3 is 10.2 Å². The molecular formula is C16H34N2S. The zero-order valence-electron chi connectivity index (χ0n) is 13.7. The first kappa shape index (κ1) is 17.3. The molecule has 0 saturated heterocycles. The number of hydrogen-bond acceptors (Lipinski definition) is 3. The summed E-state index contributed by atoms with van der Waals surface area (Å²) in [6, 6.07) is 0.688. The fraction of sp³-hybridized carbons (Fsp3) is 1.00. The van der Waals surface area contributed by atoms with E-state index in [4.69, 9.17) is 0 Å². The van der Waals surface area contributed by atoms with E-state index in [0.717, 1.165) is 11.8 Å². The van der Waals surface area contributed by atoms with Gasteiger partial charge in [0.15, 0.2) is 0 Å². The smallest absolute Gasteiger partial charge is 0.0237 e. The Hall–Kier alpha value is 0.270. The van der Waals surface area contributed by atoms with Crippen LogP contribution in [-0.4, -0.2) is 48.1 Å². The molecule has 1 aliphatic rings. The fourth-order valence-electron chi connectivity index (χ4n) is 3.26. The maximum absolute atomic E-state index is 3.76. The molecule has 0 aromatic rings. The highest BCUT2D eigenvalue weighted by Gasteiger charge is 2.38. The van der Waals surface area contributed by atoms with E-state index < -0.39 is 0 Å². The molecule has 0 aliphatic heterocycles. The van der Waals surface area contributed by atoms with Crippen molar-refractivity contribution in [2.75, 3.05) is 31.9 Å². The van der Waals surface area contributed by atoms with Crippen LogP contribution in [0.25, 0.3) is 0 Å². The Labute approximate surface area is 125 Å². The minimum absolute atomic E-state index is 0.459. The molecule has 19 heavy (non-hydrogen) atoms. The number of nitrogens with zero attached hydrogens (tertiary/aromatic N) is 1. The number of nitrogens with one attached hydrogen (secondary N) is 1. The molecule has 1 N–H and O–H groups in total. The van der Waals surface area contributed by atoms with Crippen molar-refractivity contribution in [1.29, 1.82) is 0 Å². The van der Waals surface area contributed by atoms with Gasteiger partial charge in [0.25, 0.3) is 0 Å². The molecule has 0 radical (unpaired) electrons. The molecular weight excluding hydrogens is 252 g/mol. The average Bonchev–Trinajstić information content (AvgIpc) is 2.38. The first-order chi connectivity index (χ1) is 9.05. The summed E-state index contributed by atoms with van der Waals surface area (Å²) in [6.07, 6.45) is 4.17. The van der Waals surface area contributed by atoms with Gasteiger partial charge in [0.2, 0.25) is 0 Å². The van der Waals surface area contributed by atoms with Gasteiger partial charge in [-0.3, -0.25) is 0 Å². The molecule has 1 saturated carbocycles. The summed E-state index contributed by atoms with van der Waals surface area (Å²) in [5, 5.41) is 4.56. The van der Waals surface area contributed by atoms with Crippen LogP contribution in [0.15, 0.2) is 0 Å². The predicted molar refractivity (Wildman–Crippen MR) is 89.1 cm³/mol. The van der Waals surface area contributed by atoms with Crippen molar-refractivity contribution in [3.8, 4) is 0 Å². The molecule has 0 aromatic heterocycles. The van der Waals surface area contributed by atoms with Crippen LogP contribution in [0, 0.1) is 5.41 Å². The molecule has 2 atom stereocenters. The summed E-state index contributed by atoms with van der Waals surface area (Å²) < 4.78 is 0. The molecule has 114 valence electrons. The Bertz CT molecular complexity index is 239. The zero-order chi connectivity index (χ0) is 14.3. The van der Waals surface area contributed by atoms with Crippen LogP contribution in [-0.2, 0) is 0 Å². The highest BCUT2D eigenvalue weighted by Crippen LogP contribution is 2.40. The van der Waals surface area contributed by atoms with Gasteiger partial charge in [-0.05, 0) is 37.9 Å². The van der Waals surface area contributed by atoms with Gasteiger partial charge in [0, 0.05) is 23.6 Å². The largest absolute Gasteiger partial charge is 0.313 e. The first-order valence-electron chi connectivity index (χ1n) is 8.12. The van der Waals surface area contributed by atoms with Crippen LogP contribution in [0.1, 0.15) is 53.9 Å². The van der Waals surface area contributed by atoms with E-state index in [1.807, 2.05) is 0 Å².